The molecular weight excluding hydrogens is 256 g/mol. The number of benzene rings is 2. The smallest absolute Gasteiger partial charge is 0.320 e. The number of nitrogens with zero attached hydrogens (tertiary/aromatic N) is 1. The normalized spacial score (nSPS) is 14.8. The van der Waals surface area contributed by atoms with Gasteiger partial charge in [-0.25, -0.2) is 4.79 Å². The van der Waals surface area contributed by atoms with Gasteiger partial charge in [-0.2, -0.15) is 0 Å². The van der Waals surface area contributed by atoms with E-state index in [4.69, 9.17) is 4.84 Å². The van der Waals surface area contributed by atoms with Gasteiger partial charge in [-0.15, -0.1) is 0 Å². The van der Waals surface area contributed by atoms with E-state index in [1.807, 2.05) is 0 Å². The lowest BCUT2D eigenvalue weighted by atomic mass is 10.1. The second-order valence-corrected chi connectivity index (χ2v) is 4.18. The van der Waals surface area contributed by atoms with E-state index in [0.717, 1.165) is 0 Å². The van der Waals surface area contributed by atoms with Crippen molar-refractivity contribution < 1.29 is 14.4 Å². The highest BCUT2D eigenvalue weighted by molar-refractivity contribution is 6.53. The Balaban J connectivity index is 1.83. The molecule has 0 fully saturated rings. The maximum Gasteiger partial charge on any atom is 0.365 e. The number of carbonyl (C=O) groups excluding carboxylic acids is 2. The van der Waals surface area contributed by atoms with E-state index in [9.17, 15) is 9.59 Å². The van der Waals surface area contributed by atoms with E-state index in [0.29, 0.717) is 16.8 Å². The Kier molecular flexibility index (Phi) is 3.01. The van der Waals surface area contributed by atoms with Crippen LogP contribution in [0.2, 0.25) is 0 Å². The number of rotatable bonds is 2. The lowest BCUT2D eigenvalue weighted by Crippen LogP contribution is -2.15. The van der Waals surface area contributed by atoms with Crippen molar-refractivity contribution in [2.24, 2.45) is 5.16 Å². The predicted octanol–water partition coefficient (Wildman–Crippen LogP) is 2.20. The number of hydrogen-bond donors (Lipinski definition) is 1. The summed E-state index contributed by atoms with van der Waals surface area (Å²) in [6.07, 6.45) is 0. The van der Waals surface area contributed by atoms with Gasteiger partial charge in [0.1, 0.15) is 0 Å². The first-order valence-electron chi connectivity index (χ1n) is 6.01. The summed E-state index contributed by atoms with van der Waals surface area (Å²) in [5.74, 6) is -0.984. The fraction of sp³-hybridized carbons (Fsp3) is 0. The van der Waals surface area contributed by atoms with Gasteiger partial charge >= 0.3 is 5.97 Å². The number of carbonyl (C=O) groups is 2. The lowest BCUT2D eigenvalue weighted by Gasteiger charge is -1.98. The first-order valence-corrected chi connectivity index (χ1v) is 6.01. The van der Waals surface area contributed by atoms with Crippen LogP contribution >= 0.6 is 0 Å². The van der Waals surface area contributed by atoms with Crippen molar-refractivity contribution in [2.45, 2.75) is 0 Å². The molecule has 0 saturated carbocycles. The van der Waals surface area contributed by atoms with Gasteiger partial charge in [0.25, 0.3) is 5.91 Å². The molecule has 1 amide bonds. The van der Waals surface area contributed by atoms with Gasteiger partial charge in [-0.1, -0.05) is 41.6 Å². The average Bonchev–Trinajstić information content (AvgIpc) is 2.81. The summed E-state index contributed by atoms with van der Waals surface area (Å²) in [5, 5.41) is 6.33. The molecule has 3 rings (SSSR count). The number of amides is 1. The molecule has 0 atom stereocenters. The Labute approximate surface area is 114 Å². The van der Waals surface area contributed by atoms with E-state index in [1.54, 1.807) is 54.6 Å². The predicted molar refractivity (Wildman–Crippen MR) is 73.5 cm³/mol. The average molecular weight is 266 g/mol. The topological polar surface area (TPSA) is 67.8 Å². The molecule has 0 aromatic heterocycles. The third-order valence-corrected chi connectivity index (χ3v) is 2.87. The zero-order valence-electron chi connectivity index (χ0n) is 10.4. The van der Waals surface area contributed by atoms with Crippen LogP contribution in [0, 0.1) is 0 Å². The largest absolute Gasteiger partial charge is 0.365 e. The Hall–Kier alpha value is -2.95. The molecule has 0 saturated heterocycles. The lowest BCUT2D eigenvalue weighted by molar-refractivity contribution is -0.110. The molecule has 1 aliphatic rings. The molecule has 20 heavy (non-hydrogen) atoms. The van der Waals surface area contributed by atoms with Gasteiger partial charge in [-0.3, -0.25) is 4.79 Å². The SMILES string of the molecule is O=C1Nc2ccccc2C1=NOC(=O)c1ccccc1. The van der Waals surface area contributed by atoms with Crippen LogP contribution in [0.1, 0.15) is 15.9 Å². The molecule has 1 aliphatic heterocycles. The second-order valence-electron chi connectivity index (χ2n) is 4.18. The van der Waals surface area contributed by atoms with Gasteiger partial charge in [0.2, 0.25) is 0 Å². The molecule has 1 N–H and O–H groups in total. The molecule has 1 heterocycles. The Morgan fingerprint density at radius 3 is 2.50 bits per heavy atom. The summed E-state index contributed by atoms with van der Waals surface area (Å²) in [5.41, 5.74) is 1.76. The maximum atomic E-state index is 11.8. The highest BCUT2D eigenvalue weighted by Gasteiger charge is 2.26. The van der Waals surface area contributed by atoms with Crippen LogP contribution in [0.5, 0.6) is 0 Å². The van der Waals surface area contributed by atoms with Crippen LogP contribution < -0.4 is 5.32 Å². The number of para-hydroxylation sites is 1. The monoisotopic (exact) mass is 266 g/mol. The standard InChI is InChI=1S/C15H10N2O3/c18-14-13(11-8-4-5-9-12(11)16-14)17-20-15(19)10-6-2-1-3-7-10/h1-9H,(H,16,17,18). The highest BCUT2D eigenvalue weighted by Crippen LogP contribution is 2.22. The van der Waals surface area contributed by atoms with Crippen molar-refractivity contribution in [1.29, 1.82) is 0 Å². The third kappa shape index (κ3) is 2.16. The molecule has 0 radical (unpaired) electrons. The Morgan fingerprint density at radius 1 is 1.00 bits per heavy atom. The molecule has 0 bridgehead atoms. The van der Waals surface area contributed by atoms with Crippen molar-refractivity contribution in [1.82, 2.24) is 0 Å². The Bertz CT molecular complexity index is 708. The molecule has 0 aliphatic carbocycles. The summed E-state index contributed by atoms with van der Waals surface area (Å²) in [6.45, 7) is 0. The van der Waals surface area contributed by atoms with Crippen molar-refractivity contribution in [3.8, 4) is 0 Å². The fourth-order valence-corrected chi connectivity index (χ4v) is 1.91. The molecule has 2 aromatic rings. The molecule has 98 valence electrons. The summed E-state index contributed by atoms with van der Waals surface area (Å²) in [7, 11) is 0. The maximum absolute atomic E-state index is 11.8. The van der Waals surface area contributed by atoms with Gasteiger partial charge in [-0.05, 0) is 18.2 Å². The fourth-order valence-electron chi connectivity index (χ4n) is 1.91. The molecule has 2 aromatic carbocycles. The van der Waals surface area contributed by atoms with Crippen LogP contribution in [0.4, 0.5) is 5.69 Å². The van der Waals surface area contributed by atoms with E-state index < -0.39 is 5.97 Å². The zero-order valence-corrected chi connectivity index (χ0v) is 10.4. The third-order valence-electron chi connectivity index (χ3n) is 2.87. The molecule has 5 heteroatoms. The van der Waals surface area contributed by atoms with Crippen molar-refractivity contribution in [3.05, 3.63) is 65.7 Å². The van der Waals surface area contributed by atoms with E-state index in [-0.39, 0.29) is 11.6 Å². The van der Waals surface area contributed by atoms with Crippen LogP contribution in [-0.4, -0.2) is 17.6 Å². The number of fused-ring (bicyclic) bond motifs is 1. The van der Waals surface area contributed by atoms with Crippen LogP contribution in [0.25, 0.3) is 0 Å². The van der Waals surface area contributed by atoms with E-state index >= 15 is 0 Å². The Morgan fingerprint density at radius 2 is 1.70 bits per heavy atom. The highest BCUT2D eigenvalue weighted by atomic mass is 16.7. The van der Waals surface area contributed by atoms with Crippen LogP contribution in [-0.2, 0) is 9.63 Å². The zero-order chi connectivity index (χ0) is 13.9. The van der Waals surface area contributed by atoms with Crippen LogP contribution in [0.15, 0.2) is 59.8 Å². The van der Waals surface area contributed by atoms with Gasteiger partial charge in [0.05, 0.1) is 11.3 Å². The van der Waals surface area contributed by atoms with Gasteiger partial charge in [0.15, 0.2) is 5.71 Å². The molecule has 0 spiro atoms. The molecule has 0 unspecified atom stereocenters. The second kappa shape index (κ2) is 4.97. The minimum Gasteiger partial charge on any atom is -0.320 e. The number of anilines is 1. The summed E-state index contributed by atoms with van der Waals surface area (Å²) in [6, 6.07) is 15.6. The summed E-state index contributed by atoms with van der Waals surface area (Å²) < 4.78 is 0. The van der Waals surface area contributed by atoms with E-state index in [1.165, 1.54) is 0 Å². The quantitative estimate of drug-likeness (QED) is 0.669. The summed E-state index contributed by atoms with van der Waals surface area (Å²) >= 11 is 0. The molecular formula is C15H10N2O3. The molecule has 5 nitrogen and oxygen atoms in total. The van der Waals surface area contributed by atoms with Crippen molar-refractivity contribution in [3.63, 3.8) is 0 Å². The van der Waals surface area contributed by atoms with E-state index in [2.05, 4.69) is 10.5 Å². The number of hydrogen-bond acceptors (Lipinski definition) is 4. The first kappa shape index (κ1) is 12.1. The minimum absolute atomic E-state index is 0.102. The van der Waals surface area contributed by atoms with Crippen molar-refractivity contribution in [2.75, 3.05) is 5.32 Å². The summed E-state index contributed by atoms with van der Waals surface area (Å²) in [4.78, 5) is 28.3. The van der Waals surface area contributed by atoms with Gasteiger partial charge < -0.3 is 10.2 Å². The minimum atomic E-state index is -0.602. The first-order chi connectivity index (χ1) is 9.75. The van der Waals surface area contributed by atoms with Crippen LogP contribution in [0.3, 0.4) is 0 Å². The number of oxime groups is 1. The van der Waals surface area contributed by atoms with Crippen molar-refractivity contribution >= 4 is 23.3 Å². The van der Waals surface area contributed by atoms with Gasteiger partial charge in [0, 0.05) is 5.56 Å². The number of nitrogens with one attached hydrogen (secondary N) is 1.